The second-order valence-corrected chi connectivity index (χ2v) is 6.38. The molecule has 2 amide bonds. The first-order valence-electron chi connectivity index (χ1n) is 8.48. The highest BCUT2D eigenvalue weighted by Crippen LogP contribution is 2.45. The Morgan fingerprint density at radius 3 is 2.44 bits per heavy atom. The fourth-order valence-electron chi connectivity index (χ4n) is 2.81. The van der Waals surface area contributed by atoms with Gasteiger partial charge in [0.2, 0.25) is 0 Å². The van der Waals surface area contributed by atoms with Gasteiger partial charge >= 0.3 is 17.8 Å². The maximum Gasteiger partial charge on any atom is 0.337 e. The van der Waals surface area contributed by atoms with Crippen LogP contribution in [-0.4, -0.2) is 36.5 Å². The maximum absolute atomic E-state index is 12.1. The lowest BCUT2D eigenvalue weighted by Crippen LogP contribution is -2.45. The molecule has 1 aliphatic rings. The Kier molecular flexibility index (Phi) is 5.27. The van der Waals surface area contributed by atoms with Crippen molar-refractivity contribution in [3.8, 4) is 0 Å². The van der Waals surface area contributed by atoms with Gasteiger partial charge in [-0.05, 0) is 55.2 Å². The van der Waals surface area contributed by atoms with Crippen molar-refractivity contribution in [3.05, 3.63) is 54.0 Å². The van der Waals surface area contributed by atoms with Crippen molar-refractivity contribution >= 4 is 23.5 Å². The predicted molar refractivity (Wildman–Crippen MR) is 94.7 cm³/mol. The van der Waals surface area contributed by atoms with Crippen molar-refractivity contribution in [3.63, 3.8) is 0 Å². The van der Waals surface area contributed by atoms with E-state index < -0.39 is 23.4 Å². The van der Waals surface area contributed by atoms with Gasteiger partial charge in [0.05, 0.1) is 25.5 Å². The van der Waals surface area contributed by atoms with Crippen LogP contribution in [0.2, 0.25) is 0 Å². The van der Waals surface area contributed by atoms with E-state index in [0.717, 1.165) is 12.8 Å². The molecule has 1 fully saturated rings. The summed E-state index contributed by atoms with van der Waals surface area (Å²) in [6, 6.07) is 9.23. The molecular weight excluding hydrogens is 352 g/mol. The lowest BCUT2D eigenvalue weighted by molar-refractivity contribution is -0.137. The largest absolute Gasteiger partial charge is 0.466 e. The van der Waals surface area contributed by atoms with Gasteiger partial charge in [0.1, 0.15) is 11.4 Å². The number of aliphatic hydroxyl groups is 1. The molecule has 8 heteroatoms. The van der Waals surface area contributed by atoms with Crippen molar-refractivity contribution in [2.24, 2.45) is 5.92 Å². The molecule has 0 saturated heterocycles. The number of benzene rings is 1. The van der Waals surface area contributed by atoms with Crippen molar-refractivity contribution in [2.75, 3.05) is 19.0 Å². The van der Waals surface area contributed by atoms with Gasteiger partial charge in [0.15, 0.2) is 0 Å². The zero-order valence-corrected chi connectivity index (χ0v) is 14.7. The molecule has 1 atom stereocenters. The number of anilines is 1. The first kappa shape index (κ1) is 18.7. The third kappa shape index (κ3) is 4.17. The van der Waals surface area contributed by atoms with Crippen LogP contribution in [0.3, 0.4) is 0 Å². The van der Waals surface area contributed by atoms with Gasteiger partial charge in [0.25, 0.3) is 0 Å². The summed E-state index contributed by atoms with van der Waals surface area (Å²) < 4.78 is 9.88. The first-order chi connectivity index (χ1) is 12.9. The van der Waals surface area contributed by atoms with Crippen LogP contribution in [-0.2, 0) is 19.9 Å². The van der Waals surface area contributed by atoms with Crippen LogP contribution in [0.25, 0.3) is 0 Å². The first-order valence-corrected chi connectivity index (χ1v) is 8.48. The van der Waals surface area contributed by atoms with Crippen LogP contribution in [0.5, 0.6) is 0 Å². The Labute approximate surface area is 155 Å². The number of rotatable bonds is 6. The van der Waals surface area contributed by atoms with Crippen LogP contribution in [0.15, 0.2) is 47.1 Å². The molecule has 0 spiro atoms. The molecule has 1 saturated carbocycles. The highest BCUT2D eigenvalue weighted by Gasteiger charge is 2.47. The number of carbonyl (C=O) groups excluding carboxylic acids is 3. The van der Waals surface area contributed by atoms with E-state index in [1.165, 1.54) is 37.6 Å². The van der Waals surface area contributed by atoms with Crippen molar-refractivity contribution in [1.82, 2.24) is 5.32 Å². The average molecular weight is 372 g/mol. The third-order valence-electron chi connectivity index (χ3n) is 4.49. The molecule has 8 nitrogen and oxygen atoms in total. The number of hydrogen-bond donors (Lipinski definition) is 3. The molecule has 27 heavy (non-hydrogen) atoms. The molecule has 1 heterocycles. The Balaban J connectivity index is 1.57. The maximum atomic E-state index is 12.1. The molecule has 1 aromatic carbocycles. The van der Waals surface area contributed by atoms with E-state index in [0.29, 0.717) is 17.0 Å². The minimum Gasteiger partial charge on any atom is -0.466 e. The van der Waals surface area contributed by atoms with Gasteiger partial charge < -0.3 is 24.9 Å². The molecule has 2 aromatic rings. The number of amides is 2. The van der Waals surface area contributed by atoms with Crippen LogP contribution in [0.4, 0.5) is 5.69 Å². The predicted octanol–water partition coefficient (Wildman–Crippen LogP) is 1.42. The van der Waals surface area contributed by atoms with E-state index in [1.54, 1.807) is 12.1 Å². The van der Waals surface area contributed by atoms with Gasteiger partial charge in [-0.15, -0.1) is 0 Å². The monoisotopic (exact) mass is 372 g/mol. The Morgan fingerprint density at radius 1 is 1.19 bits per heavy atom. The number of carbonyl (C=O) groups is 3. The number of methoxy groups -OCH3 is 1. The highest BCUT2D eigenvalue weighted by molar-refractivity contribution is 6.39. The Hall–Kier alpha value is -3.13. The zero-order chi connectivity index (χ0) is 19.4. The van der Waals surface area contributed by atoms with Crippen LogP contribution in [0.1, 0.15) is 29.0 Å². The minimum absolute atomic E-state index is 0.0159. The van der Waals surface area contributed by atoms with Gasteiger partial charge in [-0.2, -0.15) is 0 Å². The quantitative estimate of drug-likeness (QED) is 0.521. The minimum atomic E-state index is -1.33. The van der Waals surface area contributed by atoms with Crippen LogP contribution >= 0.6 is 0 Å². The summed E-state index contributed by atoms with van der Waals surface area (Å²) in [6.45, 7) is -0.126. The molecule has 1 unspecified atom stereocenters. The molecular formula is C19H20N2O6. The summed E-state index contributed by atoms with van der Waals surface area (Å²) >= 11 is 0. The van der Waals surface area contributed by atoms with E-state index in [4.69, 9.17) is 4.42 Å². The lowest BCUT2D eigenvalue weighted by atomic mass is 9.94. The van der Waals surface area contributed by atoms with E-state index in [-0.39, 0.29) is 12.5 Å². The molecule has 142 valence electrons. The summed E-state index contributed by atoms with van der Waals surface area (Å²) in [6.07, 6.45) is 3.10. The molecule has 0 radical (unpaired) electrons. The number of furan rings is 1. The van der Waals surface area contributed by atoms with Crippen LogP contribution in [0, 0.1) is 5.92 Å². The molecule has 0 aliphatic heterocycles. The number of esters is 1. The third-order valence-corrected chi connectivity index (χ3v) is 4.49. The summed E-state index contributed by atoms with van der Waals surface area (Å²) in [5.41, 5.74) is -0.652. The highest BCUT2D eigenvalue weighted by atomic mass is 16.5. The molecule has 3 N–H and O–H groups in total. The van der Waals surface area contributed by atoms with Crippen molar-refractivity contribution < 1.29 is 28.6 Å². The van der Waals surface area contributed by atoms with Gasteiger partial charge in [-0.1, -0.05) is 0 Å². The SMILES string of the molecule is COC(=O)c1ccc(NC(=O)C(=O)NCC(O)(c2ccco2)C2CC2)cc1. The second-order valence-electron chi connectivity index (χ2n) is 6.38. The Bertz CT molecular complexity index is 826. The summed E-state index contributed by atoms with van der Waals surface area (Å²) in [4.78, 5) is 35.5. The normalized spacial score (nSPS) is 15.5. The topological polar surface area (TPSA) is 118 Å². The summed E-state index contributed by atoms with van der Waals surface area (Å²) in [7, 11) is 1.27. The summed E-state index contributed by atoms with van der Waals surface area (Å²) in [5.74, 6) is -1.90. The number of ether oxygens (including phenoxy) is 1. The fraction of sp³-hybridized carbons (Fsp3) is 0.316. The van der Waals surface area contributed by atoms with Crippen LogP contribution < -0.4 is 10.6 Å². The van der Waals surface area contributed by atoms with E-state index in [2.05, 4.69) is 15.4 Å². The standard InChI is InChI=1S/C19H20N2O6/c1-26-18(24)12-4-8-14(9-5-12)21-17(23)16(22)20-11-19(25,13-6-7-13)15-3-2-10-27-15/h2-5,8-10,13,25H,6-7,11H2,1H3,(H,20,22)(H,21,23). The molecule has 0 bridgehead atoms. The number of nitrogens with one attached hydrogen (secondary N) is 2. The van der Waals surface area contributed by atoms with E-state index in [1.807, 2.05) is 0 Å². The van der Waals surface area contributed by atoms with Gasteiger partial charge in [-0.3, -0.25) is 9.59 Å². The second kappa shape index (κ2) is 7.63. The smallest absolute Gasteiger partial charge is 0.337 e. The van der Waals surface area contributed by atoms with E-state index >= 15 is 0 Å². The van der Waals surface area contributed by atoms with Gasteiger partial charge in [0, 0.05) is 5.69 Å². The molecule has 1 aliphatic carbocycles. The fourth-order valence-corrected chi connectivity index (χ4v) is 2.81. The Morgan fingerprint density at radius 2 is 1.89 bits per heavy atom. The zero-order valence-electron chi connectivity index (χ0n) is 14.7. The lowest BCUT2D eigenvalue weighted by Gasteiger charge is -2.26. The van der Waals surface area contributed by atoms with Crippen molar-refractivity contribution in [2.45, 2.75) is 18.4 Å². The average Bonchev–Trinajstić information content (AvgIpc) is 3.40. The van der Waals surface area contributed by atoms with E-state index in [9.17, 15) is 19.5 Å². The van der Waals surface area contributed by atoms with Gasteiger partial charge in [-0.25, -0.2) is 4.79 Å². The molecule has 3 rings (SSSR count). The van der Waals surface area contributed by atoms with Crippen molar-refractivity contribution in [1.29, 1.82) is 0 Å². The molecule has 1 aromatic heterocycles. The summed E-state index contributed by atoms with van der Waals surface area (Å²) in [5, 5.41) is 15.7. The number of hydrogen-bond acceptors (Lipinski definition) is 6.